The number of hydrogen-bond donors (Lipinski definition) is 2. The van der Waals surface area contributed by atoms with Gasteiger partial charge in [0.2, 0.25) is 0 Å². The lowest BCUT2D eigenvalue weighted by Crippen LogP contribution is -2.39. The normalized spacial score (nSPS) is 25.1. The highest BCUT2D eigenvalue weighted by atomic mass is 16.4. The highest BCUT2D eigenvalue weighted by Crippen LogP contribution is 2.24. The van der Waals surface area contributed by atoms with Crippen LogP contribution in [0.2, 0.25) is 0 Å². The lowest BCUT2D eigenvalue weighted by molar-refractivity contribution is 0.0911. The fourth-order valence-electron chi connectivity index (χ4n) is 2.55. The Hall–Kier alpha value is -1.33. The van der Waals surface area contributed by atoms with E-state index in [1.165, 1.54) is 12.8 Å². The molecule has 1 aromatic rings. The molecule has 0 radical (unpaired) electrons. The van der Waals surface area contributed by atoms with E-state index in [1.807, 2.05) is 6.07 Å². The Kier molecular flexibility index (Phi) is 4.04. The number of carbonyl (C=O) groups is 1. The maximum Gasteiger partial charge on any atom is 0.300 e. The smallest absolute Gasteiger partial charge is 0.300 e. The molecule has 1 aliphatic heterocycles. The van der Waals surface area contributed by atoms with E-state index in [4.69, 9.17) is 10.3 Å². The third-order valence-corrected chi connectivity index (χ3v) is 3.65. The number of nitrogens with zero attached hydrogens (tertiary/aromatic N) is 1. The summed E-state index contributed by atoms with van der Waals surface area (Å²) < 4.78 is 5.48. The monoisotopic (exact) mass is 251 g/mol. The van der Waals surface area contributed by atoms with Crippen LogP contribution < -0.4 is 11.3 Å². The molecule has 2 unspecified atom stereocenters. The maximum atomic E-state index is 11.3. The number of hydrazine groups is 1. The first kappa shape index (κ1) is 13.1. The minimum absolute atomic E-state index is 0.269. The zero-order valence-corrected chi connectivity index (χ0v) is 11.0. The second kappa shape index (κ2) is 5.54. The number of piperidine rings is 1. The Morgan fingerprint density at radius 1 is 1.56 bits per heavy atom. The minimum Gasteiger partial charge on any atom is -0.455 e. The van der Waals surface area contributed by atoms with Crippen molar-refractivity contribution in [3.05, 3.63) is 23.7 Å². The van der Waals surface area contributed by atoms with Gasteiger partial charge in [-0.3, -0.25) is 15.1 Å². The molecule has 2 heterocycles. The molecule has 0 aliphatic carbocycles. The summed E-state index contributed by atoms with van der Waals surface area (Å²) in [6.45, 7) is 6.38. The van der Waals surface area contributed by atoms with Crippen LogP contribution in [0, 0.1) is 5.92 Å². The maximum absolute atomic E-state index is 11.3. The van der Waals surface area contributed by atoms with Crippen molar-refractivity contribution < 1.29 is 9.21 Å². The Morgan fingerprint density at radius 3 is 3.00 bits per heavy atom. The van der Waals surface area contributed by atoms with Gasteiger partial charge in [0.15, 0.2) is 5.76 Å². The van der Waals surface area contributed by atoms with E-state index in [0.29, 0.717) is 6.04 Å². The molecule has 18 heavy (non-hydrogen) atoms. The molecule has 100 valence electrons. The van der Waals surface area contributed by atoms with Gasteiger partial charge in [-0.25, -0.2) is 5.84 Å². The molecule has 5 heteroatoms. The summed E-state index contributed by atoms with van der Waals surface area (Å²) in [4.78, 5) is 13.7. The quantitative estimate of drug-likeness (QED) is 0.485. The summed E-state index contributed by atoms with van der Waals surface area (Å²) in [5, 5.41) is 0. The van der Waals surface area contributed by atoms with Crippen molar-refractivity contribution in [1.29, 1.82) is 0 Å². The Balaban J connectivity index is 1.97. The van der Waals surface area contributed by atoms with Crippen LogP contribution in [-0.4, -0.2) is 23.4 Å². The largest absolute Gasteiger partial charge is 0.455 e. The molecule has 1 fully saturated rings. The average molecular weight is 251 g/mol. The van der Waals surface area contributed by atoms with Crippen molar-refractivity contribution in [3.63, 3.8) is 0 Å². The molecule has 0 saturated carbocycles. The summed E-state index contributed by atoms with van der Waals surface area (Å²) in [5.74, 6) is 6.56. The van der Waals surface area contributed by atoms with E-state index >= 15 is 0 Å². The lowest BCUT2D eigenvalue weighted by Gasteiger charge is -2.35. The molecule has 2 atom stereocenters. The van der Waals surface area contributed by atoms with Crippen LogP contribution in [-0.2, 0) is 6.54 Å². The van der Waals surface area contributed by atoms with E-state index in [9.17, 15) is 4.79 Å². The summed E-state index contributed by atoms with van der Waals surface area (Å²) in [6, 6.07) is 4.06. The second-order valence-electron chi connectivity index (χ2n) is 5.19. The molecule has 0 spiro atoms. The molecular formula is C13H21N3O2. The number of nitrogen functional groups attached to an aromatic ring is 1. The highest BCUT2D eigenvalue weighted by Gasteiger charge is 2.23. The Morgan fingerprint density at radius 2 is 2.33 bits per heavy atom. The first-order chi connectivity index (χ1) is 8.60. The number of likely N-dealkylation sites (tertiary alicyclic amines) is 1. The van der Waals surface area contributed by atoms with Gasteiger partial charge in [0.1, 0.15) is 5.76 Å². The zero-order valence-electron chi connectivity index (χ0n) is 11.0. The molecule has 1 amide bonds. The van der Waals surface area contributed by atoms with E-state index in [2.05, 4.69) is 24.2 Å². The third-order valence-electron chi connectivity index (χ3n) is 3.65. The third kappa shape index (κ3) is 2.91. The molecule has 1 saturated heterocycles. The SMILES string of the molecule is CC1CCN(Cc2ccc(C(=O)NN)o2)C(C)C1. The van der Waals surface area contributed by atoms with E-state index < -0.39 is 0 Å². The predicted octanol–water partition coefficient (Wildman–Crippen LogP) is 1.50. The van der Waals surface area contributed by atoms with Gasteiger partial charge in [-0.1, -0.05) is 6.92 Å². The summed E-state index contributed by atoms with van der Waals surface area (Å²) >= 11 is 0. The molecule has 0 bridgehead atoms. The van der Waals surface area contributed by atoms with E-state index in [0.717, 1.165) is 24.8 Å². The zero-order chi connectivity index (χ0) is 13.1. The Labute approximate surface area is 107 Å². The minimum atomic E-state index is -0.387. The number of carbonyl (C=O) groups excluding carboxylic acids is 1. The number of furan rings is 1. The van der Waals surface area contributed by atoms with Crippen molar-refractivity contribution in [2.24, 2.45) is 11.8 Å². The fraction of sp³-hybridized carbons (Fsp3) is 0.615. The van der Waals surface area contributed by atoms with Gasteiger partial charge in [0.25, 0.3) is 0 Å². The van der Waals surface area contributed by atoms with Gasteiger partial charge >= 0.3 is 5.91 Å². The summed E-state index contributed by atoms with van der Waals surface area (Å²) in [7, 11) is 0. The molecule has 0 aromatic carbocycles. The predicted molar refractivity (Wildman–Crippen MR) is 68.6 cm³/mol. The highest BCUT2D eigenvalue weighted by molar-refractivity contribution is 5.90. The standard InChI is InChI=1S/C13H21N3O2/c1-9-5-6-16(10(2)7-9)8-11-3-4-12(18-11)13(17)15-14/h3-4,9-10H,5-8,14H2,1-2H3,(H,15,17). The van der Waals surface area contributed by atoms with Crippen molar-refractivity contribution in [2.75, 3.05) is 6.54 Å². The van der Waals surface area contributed by atoms with Crippen LogP contribution in [0.3, 0.4) is 0 Å². The number of rotatable bonds is 3. The van der Waals surface area contributed by atoms with Gasteiger partial charge in [-0.15, -0.1) is 0 Å². The van der Waals surface area contributed by atoms with Gasteiger partial charge < -0.3 is 4.42 Å². The van der Waals surface area contributed by atoms with Crippen LogP contribution in [0.15, 0.2) is 16.5 Å². The summed E-state index contributed by atoms with van der Waals surface area (Å²) in [5.41, 5.74) is 2.07. The molecule has 5 nitrogen and oxygen atoms in total. The molecular weight excluding hydrogens is 230 g/mol. The lowest BCUT2D eigenvalue weighted by atomic mass is 9.93. The van der Waals surface area contributed by atoms with Gasteiger partial charge in [-0.05, 0) is 44.4 Å². The fourth-order valence-corrected chi connectivity index (χ4v) is 2.55. The molecule has 1 aromatic heterocycles. The van der Waals surface area contributed by atoms with Crippen molar-refractivity contribution in [3.8, 4) is 0 Å². The molecule has 1 aliphatic rings. The molecule has 2 rings (SSSR count). The van der Waals surface area contributed by atoms with E-state index in [1.54, 1.807) is 6.07 Å². The number of hydrogen-bond acceptors (Lipinski definition) is 4. The summed E-state index contributed by atoms with van der Waals surface area (Å²) in [6.07, 6.45) is 2.44. The van der Waals surface area contributed by atoms with Crippen LogP contribution >= 0.6 is 0 Å². The van der Waals surface area contributed by atoms with Gasteiger partial charge in [0, 0.05) is 6.04 Å². The first-order valence-electron chi connectivity index (χ1n) is 6.44. The van der Waals surface area contributed by atoms with Crippen LogP contribution in [0.4, 0.5) is 0 Å². The van der Waals surface area contributed by atoms with E-state index in [-0.39, 0.29) is 11.7 Å². The van der Waals surface area contributed by atoms with Crippen LogP contribution in [0.5, 0.6) is 0 Å². The van der Waals surface area contributed by atoms with Gasteiger partial charge in [0.05, 0.1) is 6.54 Å². The van der Waals surface area contributed by atoms with Crippen LogP contribution in [0.25, 0.3) is 0 Å². The number of nitrogens with one attached hydrogen (secondary N) is 1. The van der Waals surface area contributed by atoms with Crippen molar-refractivity contribution in [2.45, 2.75) is 39.3 Å². The molecule has 3 N–H and O–H groups in total. The topological polar surface area (TPSA) is 71.5 Å². The van der Waals surface area contributed by atoms with Crippen LogP contribution in [0.1, 0.15) is 43.0 Å². The second-order valence-corrected chi connectivity index (χ2v) is 5.19. The Bertz CT molecular complexity index is 416. The van der Waals surface area contributed by atoms with Gasteiger partial charge in [-0.2, -0.15) is 0 Å². The number of nitrogens with two attached hydrogens (primary N) is 1. The van der Waals surface area contributed by atoms with Crippen molar-refractivity contribution in [1.82, 2.24) is 10.3 Å². The number of amides is 1. The average Bonchev–Trinajstić information content (AvgIpc) is 2.80. The first-order valence-corrected chi connectivity index (χ1v) is 6.44. The van der Waals surface area contributed by atoms with Crippen molar-refractivity contribution >= 4 is 5.91 Å².